The Morgan fingerprint density at radius 2 is 1.95 bits per heavy atom. The van der Waals surface area contributed by atoms with Crippen molar-refractivity contribution in [3.63, 3.8) is 0 Å². The minimum absolute atomic E-state index is 0.00315. The molecule has 2 aliphatic rings. The topological polar surface area (TPSA) is 64.6 Å². The molecule has 0 saturated heterocycles. The summed E-state index contributed by atoms with van der Waals surface area (Å²) in [7, 11) is 0. The van der Waals surface area contributed by atoms with E-state index in [2.05, 4.69) is 22.4 Å². The smallest absolute Gasteiger partial charge is 0.419 e. The molecule has 2 saturated carbocycles. The van der Waals surface area contributed by atoms with Gasteiger partial charge in [0.25, 0.3) is 0 Å². The van der Waals surface area contributed by atoms with Gasteiger partial charge in [-0.05, 0) is 51.4 Å². The van der Waals surface area contributed by atoms with Crippen molar-refractivity contribution in [1.82, 2.24) is 5.32 Å². The average molecular weight is 301 g/mol. The Balaban J connectivity index is 1.86. The van der Waals surface area contributed by atoms with Crippen LogP contribution in [0.25, 0.3) is 0 Å². The van der Waals surface area contributed by atoms with Crippen molar-refractivity contribution in [2.45, 2.75) is 58.6 Å². The molecule has 0 aromatic carbocycles. The van der Waals surface area contributed by atoms with Gasteiger partial charge in [-0.1, -0.05) is 6.92 Å². The van der Waals surface area contributed by atoms with Crippen LogP contribution in [0.2, 0.25) is 0 Å². The van der Waals surface area contributed by atoms with Gasteiger partial charge < -0.3 is 14.2 Å². The van der Waals surface area contributed by atoms with E-state index >= 15 is 0 Å². The second-order valence-electron chi connectivity index (χ2n) is 6.54. The van der Waals surface area contributed by atoms with E-state index in [-0.39, 0.29) is 18.1 Å². The van der Waals surface area contributed by atoms with E-state index in [0.29, 0.717) is 11.8 Å². The van der Waals surface area contributed by atoms with Gasteiger partial charge in [0.2, 0.25) is 0 Å². The first-order valence-corrected chi connectivity index (χ1v) is 7.57. The fraction of sp³-hybridized carbons (Fsp3) is 0.857. The zero-order valence-corrected chi connectivity index (χ0v) is 13.1. The van der Waals surface area contributed by atoms with Crippen molar-refractivity contribution in [3.8, 4) is 0 Å². The number of amides is 1. The highest BCUT2D eigenvalue weighted by atomic mass is 32.1. The first-order chi connectivity index (χ1) is 9.37. The number of hydrogen-bond donors (Lipinski definition) is 2. The number of nitrogens with one attached hydrogen (secondary N) is 1. The number of thiol groups is 1. The summed E-state index contributed by atoms with van der Waals surface area (Å²) in [6.45, 7) is 5.82. The van der Waals surface area contributed by atoms with Gasteiger partial charge in [-0.25, -0.2) is 4.79 Å². The second kappa shape index (κ2) is 5.84. The van der Waals surface area contributed by atoms with E-state index < -0.39 is 11.5 Å². The maximum atomic E-state index is 12.1. The fourth-order valence-electron chi connectivity index (χ4n) is 3.16. The maximum absolute atomic E-state index is 12.1. The third kappa shape index (κ3) is 3.05. The first-order valence-electron chi connectivity index (χ1n) is 7.20. The number of carbonyl (C=O) groups excluding carboxylic acids is 2. The molecule has 6 heteroatoms. The minimum Gasteiger partial charge on any atom is -0.462 e. The molecule has 0 radical (unpaired) electrons. The second-order valence-corrected chi connectivity index (χ2v) is 6.72. The van der Waals surface area contributed by atoms with Crippen molar-refractivity contribution < 1.29 is 18.5 Å². The number of esters is 1. The van der Waals surface area contributed by atoms with Crippen molar-refractivity contribution >= 4 is 25.0 Å². The van der Waals surface area contributed by atoms with Crippen molar-refractivity contribution in [2.75, 3.05) is 0 Å². The van der Waals surface area contributed by atoms with E-state index in [1.807, 2.05) is 20.8 Å². The minimum atomic E-state index is -0.508. The normalized spacial score (nSPS) is 32.0. The zero-order chi connectivity index (χ0) is 14.9. The molecule has 2 fully saturated rings. The largest absolute Gasteiger partial charge is 0.462 e. The van der Waals surface area contributed by atoms with Crippen LogP contribution >= 0.6 is 12.9 Å². The predicted octanol–water partition coefficient (Wildman–Crippen LogP) is 2.70. The van der Waals surface area contributed by atoms with Crippen molar-refractivity contribution in [1.29, 1.82) is 0 Å². The van der Waals surface area contributed by atoms with Crippen LogP contribution in [0.5, 0.6) is 0 Å². The van der Waals surface area contributed by atoms with Gasteiger partial charge in [0, 0.05) is 19.0 Å². The third-order valence-corrected chi connectivity index (χ3v) is 5.04. The Labute approximate surface area is 125 Å². The average Bonchev–Trinajstić information content (AvgIpc) is 2.98. The van der Waals surface area contributed by atoms with E-state index in [1.165, 1.54) is 0 Å². The van der Waals surface area contributed by atoms with Crippen LogP contribution in [0.1, 0.15) is 46.5 Å². The molecule has 2 bridgehead atoms. The molecule has 0 aromatic heterocycles. The number of carbonyl (C=O) groups is 2. The molecule has 2 aliphatic carbocycles. The molecule has 2 rings (SSSR count). The molecular formula is C14H23NO4S. The van der Waals surface area contributed by atoms with Gasteiger partial charge in [-0.3, -0.25) is 4.79 Å². The molecule has 0 aromatic rings. The zero-order valence-electron chi connectivity index (χ0n) is 12.2. The van der Waals surface area contributed by atoms with Crippen molar-refractivity contribution in [3.05, 3.63) is 0 Å². The van der Waals surface area contributed by atoms with Crippen LogP contribution in [0.15, 0.2) is 0 Å². The lowest BCUT2D eigenvalue weighted by molar-refractivity contribution is -0.162. The first kappa shape index (κ1) is 15.5. The molecule has 0 heterocycles. The summed E-state index contributed by atoms with van der Waals surface area (Å²) in [5.41, 5.74) is -0.421. The standard InChI is InChI=1S/C14H23NO4S/c1-4-14(2,3)12(16)18-11-7-8-5-9(11)6-10(8)15-13(17)19-20/h8-11,20H,4-7H2,1-3H3,(H,15,17). The lowest BCUT2D eigenvalue weighted by atomic mass is 9.89. The summed E-state index contributed by atoms with van der Waals surface area (Å²) in [5.74, 6) is 0.605. The summed E-state index contributed by atoms with van der Waals surface area (Å²) in [6.07, 6.45) is 2.94. The van der Waals surface area contributed by atoms with Crippen LogP contribution < -0.4 is 5.32 Å². The molecule has 20 heavy (non-hydrogen) atoms. The Morgan fingerprint density at radius 1 is 1.25 bits per heavy atom. The molecule has 0 spiro atoms. The van der Waals surface area contributed by atoms with Crippen LogP contribution in [0.3, 0.4) is 0 Å². The molecule has 5 nitrogen and oxygen atoms in total. The number of fused-ring (bicyclic) bond motifs is 2. The van der Waals surface area contributed by atoms with Gasteiger partial charge in [0.1, 0.15) is 6.10 Å². The Morgan fingerprint density at radius 3 is 2.45 bits per heavy atom. The van der Waals surface area contributed by atoms with E-state index in [1.54, 1.807) is 0 Å². The third-order valence-electron chi connectivity index (χ3n) is 4.87. The predicted molar refractivity (Wildman–Crippen MR) is 77.2 cm³/mol. The molecule has 0 aliphatic heterocycles. The lowest BCUT2D eigenvalue weighted by Gasteiger charge is -2.30. The highest BCUT2D eigenvalue weighted by molar-refractivity contribution is 7.75. The molecule has 4 unspecified atom stereocenters. The Bertz CT molecular complexity index is 399. The summed E-state index contributed by atoms with van der Waals surface area (Å²) in [6, 6.07) is 0.119. The molecular weight excluding hydrogens is 278 g/mol. The van der Waals surface area contributed by atoms with Gasteiger partial charge in [-0.15, -0.1) is 0 Å². The maximum Gasteiger partial charge on any atom is 0.419 e. The molecule has 4 atom stereocenters. The van der Waals surface area contributed by atoms with Crippen LogP contribution in [0, 0.1) is 17.3 Å². The quantitative estimate of drug-likeness (QED) is 0.476. The van der Waals surface area contributed by atoms with E-state index in [0.717, 1.165) is 25.7 Å². The Hall–Kier alpha value is -0.910. The summed E-state index contributed by atoms with van der Waals surface area (Å²) in [4.78, 5) is 23.3. The summed E-state index contributed by atoms with van der Waals surface area (Å²) >= 11 is 3.48. The number of hydrogen-bond acceptors (Lipinski definition) is 5. The van der Waals surface area contributed by atoms with Gasteiger partial charge in [0.15, 0.2) is 0 Å². The van der Waals surface area contributed by atoms with Crippen LogP contribution in [-0.4, -0.2) is 24.2 Å². The highest BCUT2D eigenvalue weighted by Crippen LogP contribution is 2.46. The summed E-state index contributed by atoms with van der Waals surface area (Å²) < 4.78 is 10.0. The van der Waals surface area contributed by atoms with Gasteiger partial charge >= 0.3 is 12.1 Å². The number of ether oxygens (including phenoxy) is 1. The van der Waals surface area contributed by atoms with Gasteiger partial charge in [0.05, 0.1) is 5.41 Å². The van der Waals surface area contributed by atoms with Crippen LogP contribution in [0.4, 0.5) is 4.79 Å². The highest BCUT2D eigenvalue weighted by Gasteiger charge is 2.49. The monoisotopic (exact) mass is 301 g/mol. The van der Waals surface area contributed by atoms with E-state index in [9.17, 15) is 9.59 Å². The van der Waals surface area contributed by atoms with Crippen molar-refractivity contribution in [2.24, 2.45) is 17.3 Å². The van der Waals surface area contributed by atoms with Gasteiger partial charge in [-0.2, -0.15) is 0 Å². The SMILES string of the molecule is CCC(C)(C)C(=O)OC1CC2CC1CC2NC(=O)OS. The lowest BCUT2D eigenvalue weighted by Crippen LogP contribution is -2.42. The molecule has 114 valence electrons. The Kier molecular flexibility index (Phi) is 4.52. The van der Waals surface area contributed by atoms with E-state index in [4.69, 9.17) is 4.74 Å². The fourth-order valence-corrected chi connectivity index (χ4v) is 3.22. The molecule has 1 amide bonds. The number of rotatable bonds is 4. The molecule has 1 N–H and O–H groups in total. The van der Waals surface area contributed by atoms with Crippen LogP contribution in [-0.2, 0) is 13.7 Å². The summed E-state index contributed by atoms with van der Waals surface area (Å²) in [5, 5.41) is 2.80.